The molecule has 20 heavy (non-hydrogen) atoms. The number of benzene rings is 1. The number of rotatable bonds is 4. The van der Waals surface area contributed by atoms with Crippen LogP contribution in [-0.2, 0) is 0 Å². The first-order valence-electron chi connectivity index (χ1n) is 7.45. The van der Waals surface area contributed by atoms with E-state index >= 15 is 0 Å². The molecule has 1 unspecified atom stereocenters. The third-order valence-corrected chi connectivity index (χ3v) is 4.08. The van der Waals surface area contributed by atoms with Crippen LogP contribution in [0, 0.1) is 0 Å². The summed E-state index contributed by atoms with van der Waals surface area (Å²) in [5, 5.41) is 3.40. The molecule has 2 aromatic rings. The average molecular weight is 273 g/mol. The van der Waals surface area contributed by atoms with Gasteiger partial charge in [-0.1, -0.05) is 6.42 Å². The molecule has 0 amide bonds. The first kappa shape index (κ1) is 13.2. The molecule has 1 aromatic heterocycles. The van der Waals surface area contributed by atoms with Crippen LogP contribution in [0.15, 0.2) is 18.2 Å². The molecule has 1 aliphatic heterocycles. The fourth-order valence-corrected chi connectivity index (χ4v) is 2.84. The number of anilines is 2. The van der Waals surface area contributed by atoms with Crippen LogP contribution < -0.4 is 11.1 Å². The van der Waals surface area contributed by atoms with Crippen LogP contribution >= 0.6 is 0 Å². The second kappa shape index (κ2) is 5.71. The Hall–Kier alpha value is -1.75. The van der Waals surface area contributed by atoms with E-state index < -0.39 is 0 Å². The zero-order valence-electron chi connectivity index (χ0n) is 12.0. The molecule has 2 heterocycles. The zero-order valence-corrected chi connectivity index (χ0v) is 12.0. The number of nitrogens with two attached hydrogens (primary N) is 1. The summed E-state index contributed by atoms with van der Waals surface area (Å²) < 4.78 is 0. The molecule has 0 spiro atoms. The van der Waals surface area contributed by atoms with Crippen molar-refractivity contribution in [1.29, 1.82) is 0 Å². The number of nitrogens with one attached hydrogen (secondary N) is 2. The first-order chi connectivity index (χ1) is 9.72. The monoisotopic (exact) mass is 273 g/mol. The normalized spacial score (nSPS) is 18.2. The molecule has 0 radical (unpaired) electrons. The average Bonchev–Trinajstić information content (AvgIpc) is 2.87. The van der Waals surface area contributed by atoms with Crippen LogP contribution in [0.4, 0.5) is 11.6 Å². The number of piperidine rings is 1. The second-order valence-electron chi connectivity index (χ2n) is 5.69. The number of fused-ring (bicyclic) bond motifs is 1. The standard InChI is InChI=1S/C15H23N5/c1-11(20-7-3-2-4-8-20)10-17-15-18-13-6-5-12(16)9-14(13)19-15/h5-6,9,11H,2-4,7-8,10,16H2,1H3,(H2,17,18,19). The predicted molar refractivity (Wildman–Crippen MR) is 83.9 cm³/mol. The Balaban J connectivity index is 1.61. The number of likely N-dealkylation sites (tertiary alicyclic amines) is 1. The quantitative estimate of drug-likeness (QED) is 0.748. The number of aromatic nitrogens is 2. The molecule has 0 aliphatic carbocycles. The number of nitrogen functional groups attached to an aromatic ring is 1. The van der Waals surface area contributed by atoms with Crippen molar-refractivity contribution in [3.8, 4) is 0 Å². The number of nitrogens with zero attached hydrogens (tertiary/aromatic N) is 2. The van der Waals surface area contributed by atoms with Crippen molar-refractivity contribution in [2.75, 3.05) is 30.7 Å². The Kier molecular flexibility index (Phi) is 3.78. The van der Waals surface area contributed by atoms with Crippen molar-refractivity contribution in [2.24, 2.45) is 0 Å². The number of hydrogen-bond donors (Lipinski definition) is 3. The van der Waals surface area contributed by atoms with Gasteiger partial charge in [0.2, 0.25) is 5.95 Å². The molecule has 4 N–H and O–H groups in total. The lowest BCUT2D eigenvalue weighted by Crippen LogP contribution is -2.41. The molecular weight excluding hydrogens is 250 g/mol. The highest BCUT2D eigenvalue weighted by Gasteiger charge is 2.16. The fourth-order valence-electron chi connectivity index (χ4n) is 2.84. The highest BCUT2D eigenvalue weighted by molar-refractivity contribution is 5.80. The van der Waals surface area contributed by atoms with Crippen LogP contribution in [0.2, 0.25) is 0 Å². The molecule has 108 valence electrons. The summed E-state index contributed by atoms with van der Waals surface area (Å²) in [7, 11) is 0. The third-order valence-electron chi connectivity index (χ3n) is 4.08. The van der Waals surface area contributed by atoms with Crippen LogP contribution in [0.1, 0.15) is 26.2 Å². The van der Waals surface area contributed by atoms with Gasteiger partial charge in [0.1, 0.15) is 0 Å². The molecule has 5 heteroatoms. The SMILES string of the molecule is CC(CNc1nc2ccc(N)cc2[nH]1)N1CCCCC1. The Morgan fingerprint density at radius 3 is 2.95 bits per heavy atom. The van der Waals surface area contributed by atoms with Crippen LogP contribution in [-0.4, -0.2) is 40.5 Å². The topological polar surface area (TPSA) is 70.0 Å². The maximum atomic E-state index is 5.78. The van der Waals surface area contributed by atoms with E-state index in [9.17, 15) is 0 Å². The molecule has 1 fully saturated rings. The maximum Gasteiger partial charge on any atom is 0.201 e. The van der Waals surface area contributed by atoms with Gasteiger partial charge < -0.3 is 16.0 Å². The summed E-state index contributed by atoms with van der Waals surface area (Å²) in [5.74, 6) is 0.828. The summed E-state index contributed by atoms with van der Waals surface area (Å²) in [4.78, 5) is 10.4. The summed E-state index contributed by atoms with van der Waals surface area (Å²) in [5.41, 5.74) is 8.47. The lowest BCUT2D eigenvalue weighted by Gasteiger charge is -2.32. The molecule has 1 saturated heterocycles. The zero-order chi connectivity index (χ0) is 13.9. The highest BCUT2D eigenvalue weighted by Crippen LogP contribution is 2.17. The molecule has 3 rings (SSSR count). The highest BCUT2D eigenvalue weighted by atomic mass is 15.2. The molecule has 0 saturated carbocycles. The van der Waals surface area contributed by atoms with Crippen molar-refractivity contribution in [3.63, 3.8) is 0 Å². The lowest BCUT2D eigenvalue weighted by molar-refractivity contribution is 0.180. The molecule has 0 bridgehead atoms. The summed E-state index contributed by atoms with van der Waals surface area (Å²) in [6, 6.07) is 6.28. The van der Waals surface area contributed by atoms with E-state index in [0.29, 0.717) is 6.04 Å². The fraction of sp³-hybridized carbons (Fsp3) is 0.533. The number of hydrogen-bond acceptors (Lipinski definition) is 4. The minimum atomic E-state index is 0.536. The Labute approximate surface area is 119 Å². The van der Waals surface area contributed by atoms with Gasteiger partial charge in [0, 0.05) is 18.3 Å². The maximum absolute atomic E-state index is 5.78. The van der Waals surface area contributed by atoms with Crippen molar-refractivity contribution in [1.82, 2.24) is 14.9 Å². The van der Waals surface area contributed by atoms with E-state index in [4.69, 9.17) is 5.73 Å². The van der Waals surface area contributed by atoms with Crippen LogP contribution in [0.3, 0.4) is 0 Å². The predicted octanol–water partition coefficient (Wildman–Crippen LogP) is 2.43. The van der Waals surface area contributed by atoms with Crippen LogP contribution in [0.5, 0.6) is 0 Å². The minimum Gasteiger partial charge on any atom is -0.399 e. The van der Waals surface area contributed by atoms with Gasteiger partial charge >= 0.3 is 0 Å². The van der Waals surface area contributed by atoms with Crippen molar-refractivity contribution < 1.29 is 0 Å². The van der Waals surface area contributed by atoms with Gasteiger partial charge in [0.25, 0.3) is 0 Å². The van der Waals surface area contributed by atoms with E-state index in [1.54, 1.807) is 0 Å². The second-order valence-corrected chi connectivity index (χ2v) is 5.69. The Morgan fingerprint density at radius 1 is 1.35 bits per heavy atom. The first-order valence-corrected chi connectivity index (χ1v) is 7.45. The van der Waals surface area contributed by atoms with Crippen molar-refractivity contribution in [2.45, 2.75) is 32.2 Å². The smallest absolute Gasteiger partial charge is 0.201 e. The Morgan fingerprint density at radius 2 is 2.15 bits per heavy atom. The number of aromatic amines is 1. The van der Waals surface area contributed by atoms with Gasteiger partial charge in [-0.05, 0) is 51.1 Å². The van der Waals surface area contributed by atoms with E-state index in [0.717, 1.165) is 29.2 Å². The largest absolute Gasteiger partial charge is 0.399 e. The van der Waals surface area contributed by atoms with E-state index in [1.165, 1.54) is 32.4 Å². The third kappa shape index (κ3) is 2.88. The van der Waals surface area contributed by atoms with E-state index in [-0.39, 0.29) is 0 Å². The van der Waals surface area contributed by atoms with E-state index in [1.807, 2.05) is 18.2 Å². The van der Waals surface area contributed by atoms with Crippen LogP contribution in [0.25, 0.3) is 11.0 Å². The van der Waals surface area contributed by atoms with Crippen molar-refractivity contribution >= 4 is 22.7 Å². The Bertz CT molecular complexity index is 571. The molecule has 1 aliphatic rings. The lowest BCUT2D eigenvalue weighted by atomic mass is 10.1. The molecule has 1 atom stereocenters. The van der Waals surface area contributed by atoms with E-state index in [2.05, 4.69) is 27.1 Å². The summed E-state index contributed by atoms with van der Waals surface area (Å²) >= 11 is 0. The van der Waals surface area contributed by atoms with Gasteiger partial charge in [-0.15, -0.1) is 0 Å². The van der Waals surface area contributed by atoms with Crippen molar-refractivity contribution in [3.05, 3.63) is 18.2 Å². The number of H-pyrrole nitrogens is 1. The summed E-state index contributed by atoms with van der Waals surface area (Å²) in [6.07, 6.45) is 4.03. The minimum absolute atomic E-state index is 0.536. The van der Waals surface area contributed by atoms with Gasteiger partial charge in [-0.25, -0.2) is 4.98 Å². The van der Waals surface area contributed by atoms with Gasteiger partial charge in [-0.2, -0.15) is 0 Å². The van der Waals surface area contributed by atoms with Gasteiger partial charge in [0.15, 0.2) is 0 Å². The molecule has 1 aromatic carbocycles. The molecular formula is C15H23N5. The number of imidazole rings is 1. The molecule has 5 nitrogen and oxygen atoms in total. The van der Waals surface area contributed by atoms with Gasteiger partial charge in [0.05, 0.1) is 11.0 Å². The summed E-state index contributed by atoms with van der Waals surface area (Å²) in [6.45, 7) is 5.63. The van der Waals surface area contributed by atoms with Gasteiger partial charge in [-0.3, -0.25) is 4.90 Å².